The molecule has 0 aromatic heterocycles. The van der Waals surface area contributed by atoms with Crippen molar-refractivity contribution in [3.05, 3.63) is 0 Å². The first-order valence-electron chi connectivity index (χ1n) is 6.16. The highest BCUT2D eigenvalue weighted by Crippen LogP contribution is 2.14. The summed E-state index contributed by atoms with van der Waals surface area (Å²) in [5, 5.41) is 0. The molecule has 1 heterocycles. The summed E-state index contributed by atoms with van der Waals surface area (Å²) in [6.45, 7) is 5.69. The van der Waals surface area contributed by atoms with Crippen molar-refractivity contribution in [1.82, 2.24) is 0 Å². The SMILES string of the molecule is CC(C)C(=O)O[C@@H]1CCOC[C@H](N)C(=O)O[C@H]1C. The van der Waals surface area contributed by atoms with Crippen molar-refractivity contribution < 1.29 is 23.8 Å². The van der Waals surface area contributed by atoms with Gasteiger partial charge in [-0.05, 0) is 6.92 Å². The Balaban J connectivity index is 2.65. The number of hydrogen-bond donors (Lipinski definition) is 1. The topological polar surface area (TPSA) is 87.9 Å². The van der Waals surface area contributed by atoms with Gasteiger partial charge in [-0.25, -0.2) is 0 Å². The quantitative estimate of drug-likeness (QED) is 0.714. The van der Waals surface area contributed by atoms with E-state index in [2.05, 4.69) is 0 Å². The molecular formula is C12H21NO5. The zero-order valence-electron chi connectivity index (χ0n) is 11.0. The largest absolute Gasteiger partial charge is 0.458 e. The van der Waals surface area contributed by atoms with Crippen molar-refractivity contribution in [2.75, 3.05) is 13.2 Å². The molecule has 0 aromatic carbocycles. The Morgan fingerprint density at radius 3 is 2.78 bits per heavy atom. The minimum Gasteiger partial charge on any atom is -0.458 e. The minimum atomic E-state index is -0.785. The third kappa shape index (κ3) is 4.27. The molecule has 2 N–H and O–H groups in total. The predicted octanol–water partition coefficient (Wildman–Crippen LogP) is 0.234. The highest BCUT2D eigenvalue weighted by atomic mass is 16.6. The molecule has 18 heavy (non-hydrogen) atoms. The van der Waals surface area contributed by atoms with Crippen molar-refractivity contribution in [2.45, 2.75) is 45.4 Å². The highest BCUT2D eigenvalue weighted by Gasteiger charge is 2.29. The van der Waals surface area contributed by atoms with Gasteiger partial charge >= 0.3 is 11.9 Å². The zero-order chi connectivity index (χ0) is 13.7. The predicted molar refractivity (Wildman–Crippen MR) is 63.7 cm³/mol. The average molecular weight is 259 g/mol. The lowest BCUT2D eigenvalue weighted by atomic mass is 10.1. The number of hydrogen-bond acceptors (Lipinski definition) is 6. The van der Waals surface area contributed by atoms with Gasteiger partial charge in [-0.1, -0.05) is 13.8 Å². The second-order valence-electron chi connectivity index (χ2n) is 4.74. The van der Waals surface area contributed by atoms with E-state index in [9.17, 15) is 9.59 Å². The van der Waals surface area contributed by atoms with E-state index in [1.807, 2.05) is 0 Å². The van der Waals surface area contributed by atoms with Gasteiger partial charge in [-0.15, -0.1) is 0 Å². The van der Waals surface area contributed by atoms with Crippen molar-refractivity contribution in [3.63, 3.8) is 0 Å². The van der Waals surface area contributed by atoms with Crippen LogP contribution in [0.3, 0.4) is 0 Å². The van der Waals surface area contributed by atoms with Crippen LogP contribution in [0.25, 0.3) is 0 Å². The molecule has 0 radical (unpaired) electrons. The van der Waals surface area contributed by atoms with E-state index in [4.69, 9.17) is 19.9 Å². The van der Waals surface area contributed by atoms with Gasteiger partial charge < -0.3 is 19.9 Å². The minimum absolute atomic E-state index is 0.121. The van der Waals surface area contributed by atoms with Crippen LogP contribution in [0.5, 0.6) is 0 Å². The van der Waals surface area contributed by atoms with Crippen molar-refractivity contribution >= 4 is 11.9 Å². The summed E-state index contributed by atoms with van der Waals surface area (Å²) in [6.07, 6.45) is -0.526. The maximum atomic E-state index is 11.6. The Labute approximate surface area is 107 Å². The molecule has 0 spiro atoms. The Morgan fingerprint density at radius 1 is 1.50 bits per heavy atom. The number of esters is 2. The summed E-state index contributed by atoms with van der Waals surface area (Å²) in [4.78, 5) is 23.1. The lowest BCUT2D eigenvalue weighted by molar-refractivity contribution is -0.169. The summed E-state index contributed by atoms with van der Waals surface area (Å²) >= 11 is 0. The second kappa shape index (κ2) is 6.70. The van der Waals surface area contributed by atoms with Gasteiger partial charge in [0, 0.05) is 6.42 Å². The molecule has 1 rings (SSSR count). The molecule has 6 nitrogen and oxygen atoms in total. The van der Waals surface area contributed by atoms with Crippen molar-refractivity contribution in [1.29, 1.82) is 0 Å². The van der Waals surface area contributed by atoms with E-state index in [1.54, 1.807) is 20.8 Å². The third-order valence-corrected chi connectivity index (χ3v) is 2.71. The standard InChI is InChI=1S/C12H21NO5/c1-7(2)11(14)18-10-4-5-16-6-9(13)12(15)17-8(10)3/h7-10H,4-6,13H2,1-3H3/t8-,9-,10+/m0/s1. The molecule has 1 aliphatic heterocycles. The summed E-state index contributed by atoms with van der Waals surface area (Å²) in [5.41, 5.74) is 5.57. The maximum absolute atomic E-state index is 11.6. The smallest absolute Gasteiger partial charge is 0.325 e. The van der Waals surface area contributed by atoms with E-state index < -0.39 is 24.2 Å². The summed E-state index contributed by atoms with van der Waals surface area (Å²) < 4.78 is 15.7. The van der Waals surface area contributed by atoms with Gasteiger partial charge in [0.15, 0.2) is 0 Å². The third-order valence-electron chi connectivity index (χ3n) is 2.71. The summed E-state index contributed by atoms with van der Waals surface area (Å²) in [5.74, 6) is -1.06. The first-order valence-corrected chi connectivity index (χ1v) is 6.16. The number of cyclic esters (lactones) is 1. The Morgan fingerprint density at radius 2 is 2.17 bits per heavy atom. The van der Waals surface area contributed by atoms with E-state index >= 15 is 0 Å². The fraction of sp³-hybridized carbons (Fsp3) is 0.833. The monoisotopic (exact) mass is 259 g/mol. The first kappa shape index (κ1) is 14.9. The molecule has 1 fully saturated rings. The number of carbonyl (C=O) groups is 2. The molecule has 1 aliphatic rings. The fourth-order valence-corrected chi connectivity index (χ4v) is 1.50. The van der Waals surface area contributed by atoms with Crippen LogP contribution < -0.4 is 5.73 Å². The highest BCUT2D eigenvalue weighted by molar-refractivity contribution is 5.76. The normalized spacial score (nSPS) is 30.1. The van der Waals surface area contributed by atoms with Gasteiger partial charge in [0.1, 0.15) is 18.2 Å². The Hall–Kier alpha value is -1.14. The number of nitrogens with two attached hydrogens (primary N) is 1. The molecule has 0 saturated carbocycles. The molecule has 0 aliphatic carbocycles. The van der Waals surface area contributed by atoms with Crippen molar-refractivity contribution in [3.8, 4) is 0 Å². The Bertz CT molecular complexity index is 305. The Kier molecular flexibility index (Phi) is 5.55. The molecule has 104 valence electrons. The van der Waals surface area contributed by atoms with E-state index in [0.29, 0.717) is 13.0 Å². The maximum Gasteiger partial charge on any atom is 0.325 e. The molecule has 0 unspecified atom stereocenters. The lowest BCUT2D eigenvalue weighted by Gasteiger charge is -2.24. The van der Waals surface area contributed by atoms with Crippen LogP contribution in [0.2, 0.25) is 0 Å². The van der Waals surface area contributed by atoms with Crippen LogP contribution in [0.15, 0.2) is 0 Å². The molecule has 0 aromatic rings. The molecule has 6 heteroatoms. The lowest BCUT2D eigenvalue weighted by Crippen LogP contribution is -2.40. The van der Waals surface area contributed by atoms with E-state index in [0.717, 1.165) is 0 Å². The number of ether oxygens (including phenoxy) is 3. The number of carbonyl (C=O) groups excluding carboxylic acids is 2. The van der Waals surface area contributed by atoms with Crippen LogP contribution >= 0.6 is 0 Å². The molecular weight excluding hydrogens is 238 g/mol. The zero-order valence-corrected chi connectivity index (χ0v) is 11.0. The van der Waals surface area contributed by atoms with E-state index in [-0.39, 0.29) is 18.5 Å². The van der Waals surface area contributed by atoms with Crippen LogP contribution in [0, 0.1) is 5.92 Å². The van der Waals surface area contributed by atoms with Crippen LogP contribution in [0.1, 0.15) is 27.2 Å². The van der Waals surface area contributed by atoms with Crippen LogP contribution in [-0.4, -0.2) is 43.4 Å². The first-order chi connectivity index (χ1) is 8.41. The van der Waals surface area contributed by atoms with Gasteiger partial charge in [0.2, 0.25) is 0 Å². The average Bonchev–Trinajstić information content (AvgIpc) is 2.35. The second-order valence-corrected chi connectivity index (χ2v) is 4.74. The van der Waals surface area contributed by atoms with Gasteiger partial charge in [-0.3, -0.25) is 9.59 Å². The summed E-state index contributed by atoms with van der Waals surface area (Å²) in [6, 6.07) is -0.785. The molecule has 0 amide bonds. The van der Waals surface area contributed by atoms with Crippen molar-refractivity contribution in [2.24, 2.45) is 11.7 Å². The molecule has 1 saturated heterocycles. The van der Waals surface area contributed by atoms with Gasteiger partial charge in [0.05, 0.1) is 19.1 Å². The fourth-order valence-electron chi connectivity index (χ4n) is 1.50. The van der Waals surface area contributed by atoms with Gasteiger partial charge in [0.25, 0.3) is 0 Å². The number of rotatable bonds is 2. The van der Waals surface area contributed by atoms with Crippen LogP contribution in [-0.2, 0) is 23.8 Å². The molecule has 0 bridgehead atoms. The summed E-state index contributed by atoms with van der Waals surface area (Å²) in [7, 11) is 0. The van der Waals surface area contributed by atoms with Gasteiger partial charge in [-0.2, -0.15) is 0 Å². The van der Waals surface area contributed by atoms with E-state index in [1.165, 1.54) is 0 Å². The van der Waals surface area contributed by atoms with Crippen LogP contribution in [0.4, 0.5) is 0 Å². The molecule has 3 atom stereocenters.